The number of nitrogens with one attached hydrogen (secondary N) is 2. The van der Waals surface area contributed by atoms with E-state index in [9.17, 15) is 0 Å². The van der Waals surface area contributed by atoms with E-state index in [1.165, 1.54) is 0 Å². The summed E-state index contributed by atoms with van der Waals surface area (Å²) < 4.78 is 2.05. The summed E-state index contributed by atoms with van der Waals surface area (Å²) in [5.41, 5.74) is 0. The first-order valence-electron chi connectivity index (χ1n) is 5.63. The molecule has 0 radical (unpaired) electrons. The molecule has 1 aromatic heterocycles. The maximum atomic E-state index is 4.09. The van der Waals surface area contributed by atoms with Crippen LogP contribution < -0.4 is 10.6 Å². The molecule has 6 nitrogen and oxygen atoms in total. The van der Waals surface area contributed by atoms with Crippen molar-refractivity contribution >= 4 is 29.9 Å². The minimum atomic E-state index is 0. The number of aryl methyl sites for hydroxylation is 1. The highest BCUT2D eigenvalue weighted by atomic mass is 127. The number of hydrogen-bond donors (Lipinski definition) is 2. The molecule has 0 aliphatic heterocycles. The predicted molar refractivity (Wildman–Crippen MR) is 79.9 cm³/mol. The van der Waals surface area contributed by atoms with Crippen molar-refractivity contribution in [1.82, 2.24) is 25.4 Å². The molecule has 0 unspecified atom stereocenters. The van der Waals surface area contributed by atoms with Crippen molar-refractivity contribution in [3.8, 4) is 0 Å². The molecule has 0 bridgehead atoms. The van der Waals surface area contributed by atoms with Crippen LogP contribution >= 0.6 is 24.0 Å². The molecule has 1 heterocycles. The number of rotatable bonds is 5. The third kappa shape index (κ3) is 5.33. The zero-order valence-corrected chi connectivity index (χ0v) is 12.9. The number of hydrogen-bond acceptors (Lipinski definition) is 3. The summed E-state index contributed by atoms with van der Waals surface area (Å²) in [6, 6.07) is 0. The molecule has 0 aliphatic carbocycles. The second kappa shape index (κ2) is 9.20. The van der Waals surface area contributed by atoms with Crippen molar-refractivity contribution in [2.45, 2.75) is 26.8 Å². The van der Waals surface area contributed by atoms with Crippen LogP contribution in [-0.4, -0.2) is 40.9 Å². The van der Waals surface area contributed by atoms with E-state index in [4.69, 9.17) is 0 Å². The highest BCUT2D eigenvalue weighted by Gasteiger charge is 2.01. The van der Waals surface area contributed by atoms with Gasteiger partial charge in [-0.15, -0.1) is 34.2 Å². The maximum absolute atomic E-state index is 4.09. The topological polar surface area (TPSA) is 67.1 Å². The van der Waals surface area contributed by atoms with E-state index in [1.807, 2.05) is 11.5 Å². The second-order valence-corrected chi connectivity index (χ2v) is 3.32. The molecule has 2 N–H and O–H groups in total. The Hall–Kier alpha value is -0.860. The van der Waals surface area contributed by atoms with Crippen LogP contribution in [0, 0.1) is 0 Å². The molecule has 0 aliphatic rings. The lowest BCUT2D eigenvalue weighted by Crippen LogP contribution is -2.38. The van der Waals surface area contributed by atoms with Gasteiger partial charge in [-0.05, 0) is 6.92 Å². The monoisotopic (exact) mass is 352 g/mol. The number of aliphatic imine (C=N–C) groups is 1. The molecule has 7 heteroatoms. The number of nitrogens with zero attached hydrogens (tertiary/aromatic N) is 4. The molecule has 0 aromatic carbocycles. The van der Waals surface area contributed by atoms with E-state index in [0.29, 0.717) is 0 Å². The zero-order chi connectivity index (χ0) is 11.8. The Morgan fingerprint density at radius 2 is 2.18 bits per heavy atom. The predicted octanol–water partition coefficient (Wildman–Crippen LogP) is 0.643. The molecule has 0 saturated carbocycles. The van der Waals surface area contributed by atoms with Gasteiger partial charge in [-0.1, -0.05) is 6.92 Å². The van der Waals surface area contributed by atoms with Crippen molar-refractivity contribution < 1.29 is 0 Å². The summed E-state index contributed by atoms with van der Waals surface area (Å²) in [4.78, 5) is 4.09. The van der Waals surface area contributed by atoms with Crippen LogP contribution in [0.1, 0.15) is 19.7 Å². The van der Waals surface area contributed by atoms with E-state index >= 15 is 0 Å². The Bertz CT molecular complexity index is 335. The standard InChI is InChI=1S/C10H20N6.HI/c1-4-9-15-14-8-16(9)7-6-13-10(11-3)12-5-2;/h8H,4-7H2,1-3H3,(H2,11,12,13);1H. The van der Waals surface area contributed by atoms with Gasteiger partial charge in [0, 0.05) is 33.1 Å². The fourth-order valence-electron chi connectivity index (χ4n) is 1.42. The highest BCUT2D eigenvalue weighted by molar-refractivity contribution is 14.0. The average Bonchev–Trinajstić information content (AvgIpc) is 2.75. The van der Waals surface area contributed by atoms with Gasteiger partial charge < -0.3 is 15.2 Å². The third-order valence-electron chi connectivity index (χ3n) is 2.22. The summed E-state index contributed by atoms with van der Waals surface area (Å²) in [6.07, 6.45) is 2.67. The maximum Gasteiger partial charge on any atom is 0.191 e. The SMILES string of the molecule is CCNC(=NC)NCCn1cnnc1CC.I. The Labute approximate surface area is 119 Å². The minimum Gasteiger partial charge on any atom is -0.357 e. The molecular formula is C10H21IN6. The molecule has 0 atom stereocenters. The molecule has 1 aromatic rings. The lowest BCUT2D eigenvalue weighted by molar-refractivity contribution is 0.633. The lowest BCUT2D eigenvalue weighted by atomic mass is 10.4. The number of guanidine groups is 1. The molecular weight excluding hydrogens is 331 g/mol. The van der Waals surface area contributed by atoms with Crippen molar-refractivity contribution in [3.05, 3.63) is 12.2 Å². The van der Waals surface area contributed by atoms with Crippen molar-refractivity contribution in [2.24, 2.45) is 4.99 Å². The Kier molecular flexibility index (Phi) is 8.73. The molecule has 17 heavy (non-hydrogen) atoms. The third-order valence-corrected chi connectivity index (χ3v) is 2.22. The summed E-state index contributed by atoms with van der Waals surface area (Å²) in [7, 11) is 1.77. The summed E-state index contributed by atoms with van der Waals surface area (Å²) in [6.45, 7) is 6.64. The lowest BCUT2D eigenvalue weighted by Gasteiger charge is -2.10. The van der Waals surface area contributed by atoms with E-state index < -0.39 is 0 Å². The Morgan fingerprint density at radius 3 is 2.76 bits per heavy atom. The van der Waals surface area contributed by atoms with E-state index in [0.717, 1.165) is 37.8 Å². The smallest absolute Gasteiger partial charge is 0.191 e. The molecule has 0 fully saturated rings. The quantitative estimate of drug-likeness (QED) is 0.464. The molecule has 0 amide bonds. The fraction of sp³-hybridized carbons (Fsp3) is 0.700. The number of aromatic nitrogens is 3. The van der Waals surface area contributed by atoms with Crippen LogP contribution in [0.3, 0.4) is 0 Å². The van der Waals surface area contributed by atoms with Crippen molar-refractivity contribution in [3.63, 3.8) is 0 Å². The largest absolute Gasteiger partial charge is 0.357 e. The van der Waals surface area contributed by atoms with Crippen LogP contribution in [0.2, 0.25) is 0 Å². The van der Waals surface area contributed by atoms with E-state index in [-0.39, 0.29) is 24.0 Å². The summed E-state index contributed by atoms with van der Waals surface area (Å²) in [5.74, 6) is 1.84. The molecule has 1 rings (SSSR count). The Morgan fingerprint density at radius 1 is 1.41 bits per heavy atom. The first kappa shape index (κ1) is 16.1. The van der Waals surface area contributed by atoms with E-state index in [2.05, 4.69) is 32.7 Å². The van der Waals surface area contributed by atoms with Crippen LogP contribution in [-0.2, 0) is 13.0 Å². The minimum absolute atomic E-state index is 0. The van der Waals surface area contributed by atoms with Gasteiger partial charge in [0.1, 0.15) is 12.2 Å². The van der Waals surface area contributed by atoms with Crippen LogP contribution in [0.5, 0.6) is 0 Å². The van der Waals surface area contributed by atoms with Gasteiger partial charge in [0.15, 0.2) is 5.96 Å². The second-order valence-electron chi connectivity index (χ2n) is 3.32. The molecule has 98 valence electrons. The number of halogens is 1. The Balaban J connectivity index is 0.00000256. The molecule has 0 saturated heterocycles. The first-order valence-corrected chi connectivity index (χ1v) is 5.63. The van der Waals surface area contributed by atoms with Crippen molar-refractivity contribution in [2.75, 3.05) is 20.1 Å². The van der Waals surface area contributed by atoms with Crippen molar-refractivity contribution in [1.29, 1.82) is 0 Å². The van der Waals surface area contributed by atoms with Crippen LogP contribution in [0.15, 0.2) is 11.3 Å². The highest BCUT2D eigenvalue weighted by Crippen LogP contribution is 1.94. The molecule has 0 spiro atoms. The summed E-state index contributed by atoms with van der Waals surface area (Å²) >= 11 is 0. The normalized spacial score (nSPS) is 10.9. The van der Waals surface area contributed by atoms with Gasteiger partial charge >= 0.3 is 0 Å². The van der Waals surface area contributed by atoms with Gasteiger partial charge in [0.05, 0.1) is 0 Å². The van der Waals surface area contributed by atoms with Gasteiger partial charge in [-0.25, -0.2) is 0 Å². The van der Waals surface area contributed by atoms with E-state index in [1.54, 1.807) is 13.4 Å². The summed E-state index contributed by atoms with van der Waals surface area (Å²) in [5, 5.41) is 14.3. The first-order chi connectivity index (χ1) is 7.81. The van der Waals surface area contributed by atoms with Crippen LogP contribution in [0.25, 0.3) is 0 Å². The zero-order valence-electron chi connectivity index (χ0n) is 10.6. The van der Waals surface area contributed by atoms with Gasteiger partial charge in [0.2, 0.25) is 0 Å². The average molecular weight is 352 g/mol. The van der Waals surface area contributed by atoms with Gasteiger partial charge in [-0.3, -0.25) is 4.99 Å². The van der Waals surface area contributed by atoms with Gasteiger partial charge in [0.25, 0.3) is 0 Å². The fourth-order valence-corrected chi connectivity index (χ4v) is 1.42. The van der Waals surface area contributed by atoms with Crippen LogP contribution in [0.4, 0.5) is 0 Å². The van der Waals surface area contributed by atoms with Gasteiger partial charge in [-0.2, -0.15) is 0 Å².